The summed E-state index contributed by atoms with van der Waals surface area (Å²) in [6.07, 6.45) is 6.26. The van der Waals surface area contributed by atoms with Gasteiger partial charge in [-0.05, 0) is 49.1 Å². The van der Waals surface area contributed by atoms with Gasteiger partial charge in [0.25, 0.3) is 0 Å². The average molecular weight is 493 g/mol. The number of nitrogens with one attached hydrogen (secondary N) is 1. The molecule has 0 aliphatic heterocycles. The topological polar surface area (TPSA) is 68.1 Å². The standard InChI is InChI=1S/C26H26ClFN6O/c1-33(2)25-20-6-4-5-19(16-7-9-17(28)10-8-16)24(20)31-26(32-25)30-18-11-12-21(22(13-18)35-3)34-14-23(27)29-15-34/h7-15,19H,4-6H2,1-3H3,(H,30,31,32). The molecule has 9 heteroatoms. The fourth-order valence-electron chi connectivity index (χ4n) is 4.61. The van der Waals surface area contributed by atoms with Gasteiger partial charge in [-0.15, -0.1) is 0 Å². The van der Waals surface area contributed by atoms with Crippen LogP contribution < -0.4 is 15.0 Å². The summed E-state index contributed by atoms with van der Waals surface area (Å²) < 4.78 is 21.0. The minimum absolute atomic E-state index is 0.0875. The molecule has 1 N–H and O–H groups in total. The maximum absolute atomic E-state index is 13.6. The highest BCUT2D eigenvalue weighted by molar-refractivity contribution is 6.29. The van der Waals surface area contributed by atoms with Crippen molar-refractivity contribution in [3.63, 3.8) is 0 Å². The Hall–Kier alpha value is -3.65. The molecule has 1 unspecified atom stereocenters. The molecule has 2 aromatic carbocycles. The van der Waals surface area contributed by atoms with E-state index in [0.29, 0.717) is 16.9 Å². The lowest BCUT2D eigenvalue weighted by molar-refractivity contribution is 0.413. The van der Waals surface area contributed by atoms with Crippen molar-refractivity contribution in [3.05, 3.63) is 82.8 Å². The Morgan fingerprint density at radius 1 is 1.14 bits per heavy atom. The molecule has 0 bridgehead atoms. The number of imidazole rings is 1. The van der Waals surface area contributed by atoms with Gasteiger partial charge in [0.05, 0.1) is 18.5 Å². The number of rotatable bonds is 6. The lowest BCUT2D eigenvalue weighted by Gasteiger charge is -2.29. The van der Waals surface area contributed by atoms with E-state index >= 15 is 0 Å². The van der Waals surface area contributed by atoms with Crippen molar-refractivity contribution < 1.29 is 9.13 Å². The molecule has 0 radical (unpaired) electrons. The predicted molar refractivity (Wildman–Crippen MR) is 136 cm³/mol. The van der Waals surface area contributed by atoms with E-state index in [1.54, 1.807) is 24.2 Å². The Labute approximate surface area is 208 Å². The number of benzene rings is 2. The number of fused-ring (bicyclic) bond motifs is 1. The quantitative estimate of drug-likeness (QED) is 0.370. The number of halogens is 2. The molecule has 4 aromatic rings. The molecule has 180 valence electrons. The Morgan fingerprint density at radius 3 is 2.63 bits per heavy atom. The summed E-state index contributed by atoms with van der Waals surface area (Å²) in [6.45, 7) is 0. The van der Waals surface area contributed by atoms with Crippen molar-refractivity contribution in [2.24, 2.45) is 0 Å². The third-order valence-corrected chi connectivity index (χ3v) is 6.42. The molecule has 2 aromatic heterocycles. The zero-order valence-electron chi connectivity index (χ0n) is 19.8. The van der Waals surface area contributed by atoms with Crippen LogP contribution in [0.15, 0.2) is 55.0 Å². The number of anilines is 3. The van der Waals surface area contributed by atoms with E-state index in [2.05, 4.69) is 10.3 Å². The van der Waals surface area contributed by atoms with E-state index in [1.807, 2.05) is 49.3 Å². The van der Waals surface area contributed by atoms with Gasteiger partial charge in [-0.3, -0.25) is 0 Å². The van der Waals surface area contributed by atoms with Gasteiger partial charge in [-0.25, -0.2) is 14.4 Å². The molecule has 0 saturated carbocycles. The van der Waals surface area contributed by atoms with E-state index < -0.39 is 0 Å². The molecule has 0 saturated heterocycles. The van der Waals surface area contributed by atoms with Gasteiger partial charge in [-0.1, -0.05) is 23.7 Å². The second-order valence-electron chi connectivity index (χ2n) is 8.74. The Bertz CT molecular complexity index is 1350. The third-order valence-electron chi connectivity index (χ3n) is 6.23. The van der Waals surface area contributed by atoms with Crippen molar-refractivity contribution in [3.8, 4) is 11.4 Å². The van der Waals surface area contributed by atoms with Gasteiger partial charge >= 0.3 is 0 Å². The monoisotopic (exact) mass is 492 g/mol. The summed E-state index contributed by atoms with van der Waals surface area (Å²) in [5.41, 5.74) is 4.79. The van der Waals surface area contributed by atoms with Crippen LogP contribution in [0.2, 0.25) is 5.15 Å². The Kier molecular flexibility index (Phi) is 6.30. The summed E-state index contributed by atoms with van der Waals surface area (Å²) in [6, 6.07) is 12.5. The van der Waals surface area contributed by atoms with Gasteiger partial charge in [0.2, 0.25) is 5.95 Å². The number of nitrogens with zero attached hydrogens (tertiary/aromatic N) is 5. The second kappa shape index (κ2) is 9.54. The number of methoxy groups -OCH3 is 1. The van der Waals surface area contributed by atoms with Gasteiger partial charge in [0, 0.05) is 43.5 Å². The van der Waals surface area contributed by atoms with Crippen LogP contribution in [0.5, 0.6) is 5.75 Å². The van der Waals surface area contributed by atoms with Crippen LogP contribution >= 0.6 is 11.6 Å². The summed E-state index contributed by atoms with van der Waals surface area (Å²) in [4.78, 5) is 15.9. The van der Waals surface area contributed by atoms with E-state index in [1.165, 1.54) is 12.1 Å². The van der Waals surface area contributed by atoms with Crippen LogP contribution in [-0.4, -0.2) is 40.7 Å². The molecule has 0 amide bonds. The van der Waals surface area contributed by atoms with Crippen LogP contribution in [0.3, 0.4) is 0 Å². The lowest BCUT2D eigenvalue weighted by atomic mass is 9.82. The first-order chi connectivity index (χ1) is 16.9. The second-order valence-corrected chi connectivity index (χ2v) is 9.13. The first kappa shape index (κ1) is 23.1. The molecule has 0 spiro atoms. The summed E-state index contributed by atoms with van der Waals surface area (Å²) in [5.74, 6) is 1.89. The van der Waals surface area contributed by atoms with Crippen LogP contribution in [0, 0.1) is 5.82 Å². The van der Waals surface area contributed by atoms with E-state index in [9.17, 15) is 4.39 Å². The Balaban J connectivity index is 1.53. The van der Waals surface area contributed by atoms with Crippen molar-refractivity contribution >= 4 is 29.1 Å². The van der Waals surface area contributed by atoms with Crippen molar-refractivity contribution in [1.29, 1.82) is 0 Å². The molecule has 35 heavy (non-hydrogen) atoms. The van der Waals surface area contributed by atoms with Crippen LogP contribution in [-0.2, 0) is 6.42 Å². The first-order valence-corrected chi connectivity index (χ1v) is 11.8. The van der Waals surface area contributed by atoms with Crippen molar-refractivity contribution in [2.45, 2.75) is 25.2 Å². The fraction of sp³-hybridized carbons (Fsp3) is 0.269. The van der Waals surface area contributed by atoms with Gasteiger partial charge < -0.3 is 19.5 Å². The third kappa shape index (κ3) is 4.66. The van der Waals surface area contributed by atoms with Crippen molar-refractivity contribution in [2.75, 3.05) is 31.4 Å². The lowest BCUT2D eigenvalue weighted by Crippen LogP contribution is -2.21. The number of hydrogen-bond acceptors (Lipinski definition) is 6. The van der Waals surface area contributed by atoms with E-state index in [-0.39, 0.29) is 11.7 Å². The first-order valence-electron chi connectivity index (χ1n) is 11.4. The normalized spacial score (nSPS) is 14.9. The SMILES string of the molecule is COc1cc(Nc2nc3c(c(N(C)C)n2)CCCC3c2ccc(F)cc2)ccc1-n1cnc(Cl)c1. The van der Waals surface area contributed by atoms with Gasteiger partial charge in [-0.2, -0.15) is 4.98 Å². The number of ether oxygens (including phenoxy) is 1. The molecule has 7 nitrogen and oxygen atoms in total. The largest absolute Gasteiger partial charge is 0.494 e. The molecule has 1 aliphatic rings. The molecular formula is C26H26ClFN6O. The van der Waals surface area contributed by atoms with Gasteiger partial charge in [0.15, 0.2) is 0 Å². The molecule has 1 atom stereocenters. The number of aromatic nitrogens is 4. The fourth-order valence-corrected chi connectivity index (χ4v) is 4.76. The van der Waals surface area contributed by atoms with Crippen LogP contribution in [0.1, 0.15) is 35.6 Å². The summed E-state index contributed by atoms with van der Waals surface area (Å²) in [5, 5.41) is 3.76. The predicted octanol–water partition coefficient (Wildman–Crippen LogP) is 5.74. The van der Waals surface area contributed by atoms with E-state index in [4.69, 9.17) is 26.3 Å². The minimum Gasteiger partial charge on any atom is -0.494 e. The van der Waals surface area contributed by atoms with Crippen LogP contribution in [0.4, 0.5) is 21.8 Å². The summed E-state index contributed by atoms with van der Waals surface area (Å²) >= 11 is 5.98. The average Bonchev–Trinajstić information content (AvgIpc) is 3.29. The highest BCUT2D eigenvalue weighted by Crippen LogP contribution is 2.39. The Morgan fingerprint density at radius 2 is 1.94 bits per heavy atom. The van der Waals surface area contributed by atoms with E-state index in [0.717, 1.165) is 53.3 Å². The highest BCUT2D eigenvalue weighted by Gasteiger charge is 2.28. The zero-order chi connectivity index (χ0) is 24.5. The van der Waals surface area contributed by atoms with Crippen LogP contribution in [0.25, 0.3) is 5.69 Å². The smallest absolute Gasteiger partial charge is 0.229 e. The van der Waals surface area contributed by atoms with Crippen molar-refractivity contribution in [1.82, 2.24) is 19.5 Å². The minimum atomic E-state index is -0.237. The zero-order valence-corrected chi connectivity index (χ0v) is 20.6. The highest BCUT2D eigenvalue weighted by atomic mass is 35.5. The molecule has 2 heterocycles. The van der Waals surface area contributed by atoms with Gasteiger partial charge in [0.1, 0.15) is 28.9 Å². The maximum atomic E-state index is 13.6. The molecule has 0 fully saturated rings. The number of hydrogen-bond donors (Lipinski definition) is 1. The summed E-state index contributed by atoms with van der Waals surface area (Å²) in [7, 11) is 5.60. The molecule has 1 aliphatic carbocycles. The molecule has 5 rings (SSSR count). The maximum Gasteiger partial charge on any atom is 0.229 e. The molecular weight excluding hydrogens is 467 g/mol.